The largest absolute Gasteiger partial charge is 0.354 e. The Hall–Kier alpha value is -1.17. The molecular weight excluding hydrogens is 238 g/mol. The van der Waals surface area contributed by atoms with Crippen LogP contribution >= 0.6 is 0 Å². The molecule has 2 rings (SSSR count). The smallest absolute Gasteiger partial charge is 0.222 e. The first-order valence-corrected chi connectivity index (χ1v) is 7.65. The van der Waals surface area contributed by atoms with Crippen LogP contribution < -0.4 is 5.32 Å². The van der Waals surface area contributed by atoms with Crippen LogP contribution in [0.3, 0.4) is 0 Å². The van der Waals surface area contributed by atoms with Crippen molar-refractivity contribution < 1.29 is 8.42 Å². The van der Waals surface area contributed by atoms with Gasteiger partial charge in [0.1, 0.15) is 9.84 Å². The van der Waals surface area contributed by atoms with Crippen LogP contribution in [0.2, 0.25) is 0 Å². The Morgan fingerprint density at radius 3 is 2.41 bits per heavy atom. The van der Waals surface area contributed by atoms with Crippen molar-refractivity contribution in [2.24, 2.45) is 5.41 Å². The number of rotatable bonds is 5. The number of hydrogen-bond acceptors (Lipinski definition) is 5. The Morgan fingerprint density at radius 2 is 1.94 bits per heavy atom. The summed E-state index contributed by atoms with van der Waals surface area (Å²) < 4.78 is 22.6. The number of hydrogen-bond donors (Lipinski definition) is 1. The number of aromatic nitrogens is 2. The van der Waals surface area contributed by atoms with E-state index in [1.807, 2.05) is 6.92 Å². The van der Waals surface area contributed by atoms with E-state index in [0.29, 0.717) is 12.5 Å². The molecule has 1 heterocycles. The first-order valence-electron chi connectivity index (χ1n) is 5.59. The van der Waals surface area contributed by atoms with Crippen LogP contribution in [-0.4, -0.2) is 36.9 Å². The van der Waals surface area contributed by atoms with Crippen molar-refractivity contribution in [1.29, 1.82) is 0 Å². The van der Waals surface area contributed by atoms with Gasteiger partial charge in [-0.25, -0.2) is 18.4 Å². The van der Waals surface area contributed by atoms with Gasteiger partial charge in [-0.15, -0.1) is 0 Å². The van der Waals surface area contributed by atoms with Gasteiger partial charge in [-0.05, 0) is 25.3 Å². The lowest BCUT2D eigenvalue weighted by Crippen LogP contribution is -2.24. The third kappa shape index (κ3) is 3.66. The molecule has 0 amide bonds. The highest BCUT2D eigenvalue weighted by Gasteiger charge is 2.45. The van der Waals surface area contributed by atoms with Crippen molar-refractivity contribution in [2.45, 2.75) is 19.8 Å². The van der Waals surface area contributed by atoms with Gasteiger partial charge in [0.15, 0.2) is 0 Å². The second-order valence-corrected chi connectivity index (χ2v) is 7.15. The summed E-state index contributed by atoms with van der Waals surface area (Å²) in [5, 5.41) is 3.11. The molecule has 17 heavy (non-hydrogen) atoms. The summed E-state index contributed by atoms with van der Waals surface area (Å²) in [6.07, 6.45) is 6.68. The number of anilines is 1. The summed E-state index contributed by atoms with van der Waals surface area (Å²) in [7, 11) is -2.91. The van der Waals surface area contributed by atoms with Gasteiger partial charge >= 0.3 is 0 Å². The predicted octanol–water partition coefficient (Wildman–Crippen LogP) is 1.02. The van der Waals surface area contributed by atoms with Gasteiger partial charge in [-0.1, -0.05) is 0 Å². The molecule has 0 aliphatic heterocycles. The average Bonchev–Trinajstić information content (AvgIpc) is 2.95. The lowest BCUT2D eigenvalue weighted by molar-refractivity contribution is 0.560. The molecule has 1 N–H and O–H groups in total. The van der Waals surface area contributed by atoms with Crippen molar-refractivity contribution in [2.75, 3.05) is 23.9 Å². The van der Waals surface area contributed by atoms with E-state index in [4.69, 9.17) is 0 Å². The van der Waals surface area contributed by atoms with Gasteiger partial charge in [-0.2, -0.15) is 0 Å². The van der Waals surface area contributed by atoms with E-state index in [1.165, 1.54) is 6.26 Å². The molecule has 6 heteroatoms. The molecule has 0 saturated heterocycles. The fraction of sp³-hybridized carbons (Fsp3) is 0.636. The highest BCUT2D eigenvalue weighted by Crippen LogP contribution is 2.46. The highest BCUT2D eigenvalue weighted by atomic mass is 32.2. The molecule has 1 aromatic rings. The minimum atomic E-state index is -2.91. The Kier molecular flexibility index (Phi) is 3.07. The molecule has 0 radical (unpaired) electrons. The van der Waals surface area contributed by atoms with E-state index >= 15 is 0 Å². The van der Waals surface area contributed by atoms with Crippen LogP contribution in [0.1, 0.15) is 18.4 Å². The fourth-order valence-electron chi connectivity index (χ4n) is 1.86. The zero-order chi connectivity index (χ0) is 12.5. The Balaban J connectivity index is 1.92. The zero-order valence-corrected chi connectivity index (χ0v) is 10.9. The minimum absolute atomic E-state index is 0.0954. The summed E-state index contributed by atoms with van der Waals surface area (Å²) in [5.74, 6) is 0.814. The standard InChI is InChI=1S/C11H17N3O2S/c1-9-5-12-10(13-6-9)14-7-11(3-4-11)8-17(2,15)16/h5-6H,3-4,7-8H2,1-2H3,(H,12,13,14). The van der Waals surface area contributed by atoms with Gasteiger partial charge in [0.25, 0.3) is 0 Å². The molecule has 0 atom stereocenters. The summed E-state index contributed by atoms with van der Waals surface area (Å²) >= 11 is 0. The van der Waals surface area contributed by atoms with Crippen molar-refractivity contribution in [3.63, 3.8) is 0 Å². The van der Waals surface area contributed by atoms with E-state index in [9.17, 15) is 8.42 Å². The monoisotopic (exact) mass is 255 g/mol. The van der Waals surface area contributed by atoms with Crippen molar-refractivity contribution >= 4 is 15.8 Å². The number of sulfone groups is 1. The highest BCUT2D eigenvalue weighted by molar-refractivity contribution is 7.90. The van der Waals surface area contributed by atoms with E-state index in [0.717, 1.165) is 18.4 Å². The van der Waals surface area contributed by atoms with Crippen LogP contribution in [0, 0.1) is 12.3 Å². The van der Waals surface area contributed by atoms with Crippen LogP contribution in [0.15, 0.2) is 12.4 Å². The van der Waals surface area contributed by atoms with Gasteiger partial charge in [0, 0.05) is 30.6 Å². The fourth-order valence-corrected chi connectivity index (χ4v) is 3.36. The van der Waals surface area contributed by atoms with Gasteiger partial charge in [0.2, 0.25) is 5.95 Å². The lowest BCUT2D eigenvalue weighted by atomic mass is 10.1. The maximum Gasteiger partial charge on any atom is 0.222 e. The first-order chi connectivity index (χ1) is 7.89. The molecule has 0 unspecified atom stereocenters. The van der Waals surface area contributed by atoms with Crippen LogP contribution in [-0.2, 0) is 9.84 Å². The molecule has 0 bridgehead atoms. The Labute approximate surface area is 102 Å². The quantitative estimate of drug-likeness (QED) is 0.850. The molecule has 1 saturated carbocycles. The maximum absolute atomic E-state index is 11.3. The van der Waals surface area contributed by atoms with Crippen LogP contribution in [0.25, 0.3) is 0 Å². The third-order valence-electron chi connectivity index (χ3n) is 2.93. The minimum Gasteiger partial charge on any atom is -0.354 e. The molecule has 0 spiro atoms. The molecular formula is C11H17N3O2S. The summed E-state index contributed by atoms with van der Waals surface area (Å²) in [4.78, 5) is 8.27. The van der Waals surface area contributed by atoms with Crippen LogP contribution in [0.5, 0.6) is 0 Å². The Bertz CT molecular complexity index is 492. The normalized spacial score (nSPS) is 17.8. The second kappa shape index (κ2) is 4.25. The zero-order valence-electron chi connectivity index (χ0n) is 10.1. The van der Waals surface area contributed by atoms with E-state index < -0.39 is 9.84 Å². The van der Waals surface area contributed by atoms with Crippen molar-refractivity contribution in [1.82, 2.24) is 9.97 Å². The lowest BCUT2D eigenvalue weighted by Gasteiger charge is -2.14. The van der Waals surface area contributed by atoms with Crippen molar-refractivity contribution in [3.8, 4) is 0 Å². The third-order valence-corrected chi connectivity index (χ3v) is 4.06. The van der Waals surface area contributed by atoms with Crippen LogP contribution in [0.4, 0.5) is 5.95 Å². The Morgan fingerprint density at radius 1 is 1.35 bits per heavy atom. The van der Waals surface area contributed by atoms with Gasteiger partial charge in [0.05, 0.1) is 5.75 Å². The molecule has 1 fully saturated rings. The molecule has 1 aromatic heterocycles. The van der Waals surface area contributed by atoms with Gasteiger partial charge in [-0.3, -0.25) is 0 Å². The van der Waals surface area contributed by atoms with E-state index in [1.54, 1.807) is 12.4 Å². The molecule has 5 nitrogen and oxygen atoms in total. The average molecular weight is 255 g/mol. The SMILES string of the molecule is Cc1cnc(NCC2(CS(C)(=O)=O)CC2)nc1. The summed E-state index contributed by atoms with van der Waals surface area (Å²) in [5.41, 5.74) is 0.912. The summed E-state index contributed by atoms with van der Waals surface area (Å²) in [6, 6.07) is 0. The van der Waals surface area contributed by atoms with Gasteiger partial charge < -0.3 is 5.32 Å². The second-order valence-electron chi connectivity index (χ2n) is 5.01. The number of aryl methyl sites for hydroxylation is 1. The van der Waals surface area contributed by atoms with E-state index in [-0.39, 0.29) is 11.2 Å². The molecule has 94 valence electrons. The van der Waals surface area contributed by atoms with E-state index in [2.05, 4.69) is 15.3 Å². The first kappa shape index (κ1) is 12.3. The number of nitrogens with zero attached hydrogens (tertiary/aromatic N) is 2. The maximum atomic E-state index is 11.3. The molecule has 1 aliphatic carbocycles. The summed E-state index contributed by atoms with van der Waals surface area (Å²) in [6.45, 7) is 2.55. The topological polar surface area (TPSA) is 72.0 Å². The molecule has 0 aromatic carbocycles. The van der Waals surface area contributed by atoms with Crippen molar-refractivity contribution in [3.05, 3.63) is 18.0 Å². The predicted molar refractivity (Wildman–Crippen MR) is 66.6 cm³/mol. The number of nitrogens with one attached hydrogen (secondary N) is 1. The molecule has 1 aliphatic rings.